The van der Waals surface area contributed by atoms with E-state index in [4.69, 9.17) is 14.7 Å². The summed E-state index contributed by atoms with van der Waals surface area (Å²) in [5.74, 6) is 1.49. The van der Waals surface area contributed by atoms with Crippen molar-refractivity contribution in [2.24, 2.45) is 0 Å². The van der Waals surface area contributed by atoms with Crippen LogP contribution in [-0.4, -0.2) is 12.0 Å². The fraction of sp³-hybridized carbons (Fsp3) is 0.333. The zero-order chi connectivity index (χ0) is 9.26. The molecule has 4 nitrogen and oxygen atoms in total. The average Bonchev–Trinajstić information content (AvgIpc) is 2.63. The third kappa shape index (κ3) is 1.46. The largest absolute Gasteiger partial charge is 0.454 e. The van der Waals surface area contributed by atoms with Gasteiger partial charge >= 0.3 is 0 Å². The molecule has 1 aromatic carbocycles. The van der Waals surface area contributed by atoms with Gasteiger partial charge in [-0.3, -0.25) is 0 Å². The highest BCUT2D eigenvalue weighted by Gasteiger charge is 2.14. The molecule has 0 spiro atoms. The minimum Gasteiger partial charge on any atom is -0.454 e. The molecule has 0 aromatic heterocycles. The number of fused-ring (bicyclic) bond motifs is 1. The Balaban J connectivity index is 2.30. The zero-order valence-corrected chi connectivity index (χ0v) is 7.28. The third-order valence-electron chi connectivity index (χ3n) is 2.09. The molecule has 4 heteroatoms. The molecular weight excluding hydrogens is 170 g/mol. The molecule has 1 heterocycles. The Bertz CT molecular complexity index is 314. The number of rotatable bonds is 2. The molecule has 0 saturated carbocycles. The van der Waals surface area contributed by atoms with Crippen LogP contribution in [0.2, 0.25) is 0 Å². The first-order valence-electron chi connectivity index (χ1n) is 4.10. The molecule has 2 rings (SSSR count). The van der Waals surface area contributed by atoms with Crippen molar-refractivity contribution in [2.45, 2.75) is 13.0 Å². The number of benzene rings is 1. The molecule has 2 N–H and O–H groups in total. The second-order valence-electron chi connectivity index (χ2n) is 2.96. The minimum absolute atomic E-state index is 0.102. The van der Waals surface area contributed by atoms with E-state index in [2.05, 4.69) is 5.48 Å². The van der Waals surface area contributed by atoms with Gasteiger partial charge in [0.1, 0.15) is 0 Å². The highest BCUT2D eigenvalue weighted by molar-refractivity contribution is 5.45. The number of hydrogen-bond donors (Lipinski definition) is 2. The first kappa shape index (κ1) is 8.34. The van der Waals surface area contributed by atoms with E-state index < -0.39 is 0 Å². The summed E-state index contributed by atoms with van der Waals surface area (Å²) in [7, 11) is 0. The SMILES string of the molecule is C[C@H](NO)c1ccc2c(c1)OCO2. The van der Waals surface area contributed by atoms with Crippen LogP contribution >= 0.6 is 0 Å². The summed E-state index contributed by atoms with van der Waals surface area (Å²) in [5.41, 5.74) is 3.14. The van der Waals surface area contributed by atoms with Crippen LogP contribution in [0.3, 0.4) is 0 Å². The van der Waals surface area contributed by atoms with E-state index in [1.807, 2.05) is 25.1 Å². The lowest BCUT2D eigenvalue weighted by atomic mass is 10.1. The van der Waals surface area contributed by atoms with Gasteiger partial charge < -0.3 is 14.7 Å². The van der Waals surface area contributed by atoms with Crippen LogP contribution in [0.1, 0.15) is 18.5 Å². The smallest absolute Gasteiger partial charge is 0.231 e. The topological polar surface area (TPSA) is 50.7 Å². The summed E-state index contributed by atoms with van der Waals surface area (Å²) < 4.78 is 10.4. The monoisotopic (exact) mass is 181 g/mol. The molecule has 0 saturated heterocycles. The highest BCUT2D eigenvalue weighted by atomic mass is 16.7. The fourth-order valence-electron chi connectivity index (χ4n) is 1.26. The molecule has 1 aliphatic rings. The van der Waals surface area contributed by atoms with Gasteiger partial charge in [0.15, 0.2) is 11.5 Å². The fourth-order valence-corrected chi connectivity index (χ4v) is 1.26. The van der Waals surface area contributed by atoms with E-state index in [9.17, 15) is 0 Å². The van der Waals surface area contributed by atoms with Gasteiger partial charge in [0.05, 0.1) is 6.04 Å². The van der Waals surface area contributed by atoms with Crippen molar-refractivity contribution in [1.82, 2.24) is 5.48 Å². The van der Waals surface area contributed by atoms with Gasteiger partial charge in [-0.2, -0.15) is 5.48 Å². The summed E-state index contributed by atoms with van der Waals surface area (Å²) in [6.45, 7) is 2.14. The van der Waals surface area contributed by atoms with E-state index in [0.717, 1.165) is 17.1 Å². The Morgan fingerprint density at radius 3 is 2.92 bits per heavy atom. The summed E-state index contributed by atoms with van der Waals surface area (Å²) in [4.78, 5) is 0. The van der Waals surface area contributed by atoms with Gasteiger partial charge in [0.2, 0.25) is 6.79 Å². The van der Waals surface area contributed by atoms with E-state index >= 15 is 0 Å². The molecule has 0 bridgehead atoms. The first-order valence-corrected chi connectivity index (χ1v) is 4.10. The van der Waals surface area contributed by atoms with Crippen molar-refractivity contribution in [3.8, 4) is 11.5 Å². The Labute approximate surface area is 76.0 Å². The van der Waals surface area contributed by atoms with Gasteiger partial charge in [0.25, 0.3) is 0 Å². The third-order valence-corrected chi connectivity index (χ3v) is 2.09. The van der Waals surface area contributed by atoms with Gasteiger partial charge in [-0.15, -0.1) is 0 Å². The predicted molar refractivity (Wildman–Crippen MR) is 45.9 cm³/mol. The zero-order valence-electron chi connectivity index (χ0n) is 7.28. The summed E-state index contributed by atoms with van der Waals surface area (Å²) in [6, 6.07) is 5.48. The predicted octanol–water partition coefficient (Wildman–Crippen LogP) is 1.46. The maximum Gasteiger partial charge on any atom is 0.231 e. The minimum atomic E-state index is -0.102. The van der Waals surface area contributed by atoms with Gasteiger partial charge in [0, 0.05) is 0 Å². The molecule has 1 atom stereocenters. The van der Waals surface area contributed by atoms with E-state index in [0.29, 0.717) is 0 Å². The lowest BCUT2D eigenvalue weighted by molar-refractivity contribution is 0.133. The molecule has 0 unspecified atom stereocenters. The van der Waals surface area contributed by atoms with E-state index in [-0.39, 0.29) is 12.8 Å². The van der Waals surface area contributed by atoms with Crippen LogP contribution in [0.15, 0.2) is 18.2 Å². The maximum absolute atomic E-state index is 8.71. The Kier molecular flexibility index (Phi) is 2.08. The number of ether oxygens (including phenoxy) is 2. The van der Waals surface area contributed by atoms with E-state index in [1.165, 1.54) is 0 Å². The standard InChI is InChI=1S/C9H11NO3/c1-6(10-11)7-2-3-8-9(4-7)13-5-12-8/h2-4,6,10-11H,5H2,1H3/t6-/m0/s1. The molecule has 1 aromatic rings. The first-order chi connectivity index (χ1) is 6.31. The van der Waals surface area contributed by atoms with E-state index in [1.54, 1.807) is 0 Å². The van der Waals surface area contributed by atoms with Crippen LogP contribution in [0.25, 0.3) is 0 Å². The molecule has 0 amide bonds. The molecule has 13 heavy (non-hydrogen) atoms. The average molecular weight is 181 g/mol. The number of nitrogens with one attached hydrogen (secondary N) is 1. The molecule has 0 aliphatic carbocycles. The van der Waals surface area contributed by atoms with Gasteiger partial charge in [-0.05, 0) is 24.6 Å². The van der Waals surface area contributed by atoms with Gasteiger partial charge in [-0.25, -0.2) is 0 Å². The Morgan fingerprint density at radius 2 is 2.15 bits per heavy atom. The number of hydrogen-bond acceptors (Lipinski definition) is 4. The van der Waals surface area contributed by atoms with Crippen LogP contribution in [0.5, 0.6) is 11.5 Å². The van der Waals surface area contributed by atoms with Crippen LogP contribution in [-0.2, 0) is 0 Å². The Hall–Kier alpha value is -1.26. The highest BCUT2D eigenvalue weighted by Crippen LogP contribution is 2.33. The summed E-state index contributed by atoms with van der Waals surface area (Å²) in [6.07, 6.45) is 0. The number of hydroxylamine groups is 1. The summed E-state index contributed by atoms with van der Waals surface area (Å²) in [5, 5.41) is 8.71. The summed E-state index contributed by atoms with van der Waals surface area (Å²) >= 11 is 0. The van der Waals surface area contributed by atoms with Crippen molar-refractivity contribution in [1.29, 1.82) is 0 Å². The normalized spacial score (nSPS) is 15.8. The molecule has 1 aliphatic heterocycles. The van der Waals surface area contributed by atoms with Crippen LogP contribution in [0.4, 0.5) is 0 Å². The quantitative estimate of drug-likeness (QED) is 0.678. The molecule has 0 radical (unpaired) electrons. The van der Waals surface area contributed by atoms with Crippen LogP contribution < -0.4 is 15.0 Å². The van der Waals surface area contributed by atoms with Crippen molar-refractivity contribution in [2.75, 3.05) is 6.79 Å². The molecular formula is C9H11NO3. The molecule has 0 fully saturated rings. The van der Waals surface area contributed by atoms with Crippen molar-refractivity contribution < 1.29 is 14.7 Å². The Morgan fingerprint density at radius 1 is 1.38 bits per heavy atom. The van der Waals surface area contributed by atoms with Crippen LogP contribution in [0, 0.1) is 0 Å². The van der Waals surface area contributed by atoms with Crippen molar-refractivity contribution in [3.63, 3.8) is 0 Å². The lowest BCUT2D eigenvalue weighted by Crippen LogP contribution is -2.12. The van der Waals surface area contributed by atoms with Crippen molar-refractivity contribution >= 4 is 0 Å². The molecule has 70 valence electrons. The van der Waals surface area contributed by atoms with Crippen molar-refractivity contribution in [3.05, 3.63) is 23.8 Å². The van der Waals surface area contributed by atoms with Gasteiger partial charge in [-0.1, -0.05) is 6.07 Å². The second-order valence-corrected chi connectivity index (χ2v) is 2.96. The lowest BCUT2D eigenvalue weighted by Gasteiger charge is -2.09. The maximum atomic E-state index is 8.71. The second kappa shape index (κ2) is 3.24.